The van der Waals surface area contributed by atoms with E-state index in [4.69, 9.17) is 0 Å². The second-order valence-electron chi connectivity index (χ2n) is 7.84. The third-order valence-corrected chi connectivity index (χ3v) is 5.69. The molecule has 0 aromatic heterocycles. The van der Waals surface area contributed by atoms with Crippen molar-refractivity contribution in [2.45, 2.75) is 56.8 Å². The molecule has 0 radical (unpaired) electrons. The molecule has 1 saturated heterocycles. The predicted octanol–water partition coefficient (Wildman–Crippen LogP) is 5.87. The molecule has 0 spiro atoms. The van der Waals surface area contributed by atoms with Crippen molar-refractivity contribution in [1.82, 2.24) is 4.90 Å². The first-order valence-electron chi connectivity index (χ1n) is 9.91. The largest absolute Gasteiger partial charge is 0.465 e. The van der Waals surface area contributed by atoms with Gasteiger partial charge in [-0.05, 0) is 36.1 Å². The highest BCUT2D eigenvalue weighted by atomic mass is 19.4. The van der Waals surface area contributed by atoms with Gasteiger partial charge in [0, 0.05) is 12.8 Å². The van der Waals surface area contributed by atoms with Crippen molar-refractivity contribution < 1.29 is 27.9 Å². The van der Waals surface area contributed by atoms with Crippen molar-refractivity contribution in [2.75, 3.05) is 0 Å². The van der Waals surface area contributed by atoms with Gasteiger partial charge in [0.05, 0.1) is 17.1 Å². The van der Waals surface area contributed by atoms with Crippen LogP contribution in [0.1, 0.15) is 55.3 Å². The quantitative estimate of drug-likeness (QED) is 0.659. The SMILES string of the molecule is CCC[C@]1(Cc2ccccc2)CC(=O)C[C@H](c2ccc(C(F)(F)F)cc2)N1C(=O)O. The third-order valence-electron chi connectivity index (χ3n) is 5.69. The van der Waals surface area contributed by atoms with E-state index < -0.39 is 29.4 Å². The number of amides is 1. The normalized spacial score (nSPS) is 22.2. The molecule has 0 bridgehead atoms. The number of carboxylic acid groups (broad SMARTS) is 1. The number of nitrogens with zero attached hydrogens (tertiary/aromatic N) is 1. The van der Waals surface area contributed by atoms with E-state index in [1.54, 1.807) is 0 Å². The number of benzene rings is 2. The summed E-state index contributed by atoms with van der Waals surface area (Å²) in [5, 5.41) is 10.1. The maximum atomic E-state index is 12.9. The summed E-state index contributed by atoms with van der Waals surface area (Å²) in [6, 6.07) is 13.0. The molecule has 7 heteroatoms. The highest BCUT2D eigenvalue weighted by Gasteiger charge is 2.49. The highest BCUT2D eigenvalue weighted by Crippen LogP contribution is 2.43. The summed E-state index contributed by atoms with van der Waals surface area (Å²) in [6.07, 6.45) is -4.07. The third kappa shape index (κ3) is 4.50. The minimum absolute atomic E-state index is 0.0437. The van der Waals surface area contributed by atoms with E-state index >= 15 is 0 Å². The van der Waals surface area contributed by atoms with Gasteiger partial charge in [-0.2, -0.15) is 13.2 Å². The summed E-state index contributed by atoms with van der Waals surface area (Å²) in [5.41, 5.74) is -0.436. The number of hydrogen-bond acceptors (Lipinski definition) is 2. The Bertz CT molecular complexity index is 896. The average molecular weight is 419 g/mol. The molecule has 0 unspecified atom stereocenters. The lowest BCUT2D eigenvalue weighted by Crippen LogP contribution is -2.58. The van der Waals surface area contributed by atoms with Gasteiger partial charge in [-0.1, -0.05) is 55.8 Å². The van der Waals surface area contributed by atoms with Crippen LogP contribution in [0.4, 0.5) is 18.0 Å². The standard InChI is InChI=1S/C23H24F3NO3/c1-2-12-22(14-16-6-4-3-5-7-16)15-19(28)13-20(27(22)21(29)30)17-8-10-18(11-9-17)23(24,25)26/h3-11,20H,2,12-15H2,1H3,(H,29,30)/t20-,22+/m1/s1. The summed E-state index contributed by atoms with van der Waals surface area (Å²) >= 11 is 0. The topological polar surface area (TPSA) is 57.6 Å². The van der Waals surface area contributed by atoms with E-state index in [-0.39, 0.29) is 18.6 Å². The van der Waals surface area contributed by atoms with Gasteiger partial charge in [0.2, 0.25) is 0 Å². The Kier molecular flexibility index (Phi) is 6.19. The Morgan fingerprint density at radius 1 is 1.13 bits per heavy atom. The number of halogens is 3. The molecule has 1 N–H and O–H groups in total. The van der Waals surface area contributed by atoms with Crippen LogP contribution in [-0.2, 0) is 17.4 Å². The molecular weight excluding hydrogens is 395 g/mol. The Balaban J connectivity index is 2.04. The minimum atomic E-state index is -4.48. The van der Waals surface area contributed by atoms with Crippen molar-refractivity contribution in [1.29, 1.82) is 0 Å². The number of carbonyl (C=O) groups excluding carboxylic acids is 1. The van der Waals surface area contributed by atoms with Gasteiger partial charge in [0.25, 0.3) is 0 Å². The van der Waals surface area contributed by atoms with Gasteiger partial charge >= 0.3 is 12.3 Å². The lowest BCUT2D eigenvalue weighted by molar-refractivity contribution is -0.137. The number of carbonyl (C=O) groups is 2. The fraction of sp³-hybridized carbons (Fsp3) is 0.391. The Labute approximate surface area is 173 Å². The minimum Gasteiger partial charge on any atom is -0.465 e. The van der Waals surface area contributed by atoms with Crippen molar-refractivity contribution in [3.05, 3.63) is 71.3 Å². The fourth-order valence-corrected chi connectivity index (χ4v) is 4.55. The molecule has 2 atom stereocenters. The van der Waals surface area contributed by atoms with Gasteiger partial charge in [0.1, 0.15) is 5.78 Å². The van der Waals surface area contributed by atoms with E-state index in [2.05, 4.69) is 0 Å². The van der Waals surface area contributed by atoms with Crippen LogP contribution < -0.4 is 0 Å². The van der Waals surface area contributed by atoms with E-state index in [1.807, 2.05) is 37.3 Å². The van der Waals surface area contributed by atoms with Crippen molar-refractivity contribution in [3.63, 3.8) is 0 Å². The summed E-state index contributed by atoms with van der Waals surface area (Å²) in [6.45, 7) is 1.93. The molecule has 0 aliphatic carbocycles. The number of piperidine rings is 1. The highest BCUT2D eigenvalue weighted by molar-refractivity contribution is 5.84. The van der Waals surface area contributed by atoms with Crippen LogP contribution in [0.3, 0.4) is 0 Å². The molecule has 1 aliphatic rings. The first-order valence-corrected chi connectivity index (χ1v) is 9.91. The molecular formula is C23H24F3NO3. The van der Waals surface area contributed by atoms with Crippen LogP contribution in [-0.4, -0.2) is 27.4 Å². The second kappa shape index (κ2) is 8.50. The molecule has 0 saturated carbocycles. The molecule has 1 heterocycles. The number of rotatable bonds is 5. The lowest BCUT2D eigenvalue weighted by Gasteiger charge is -2.50. The molecule has 1 amide bonds. The smallest absolute Gasteiger partial charge is 0.416 e. The van der Waals surface area contributed by atoms with Gasteiger partial charge in [0.15, 0.2) is 0 Å². The first-order chi connectivity index (χ1) is 14.2. The van der Waals surface area contributed by atoms with E-state index in [0.29, 0.717) is 24.8 Å². The Hall–Kier alpha value is -2.83. The predicted molar refractivity (Wildman–Crippen MR) is 106 cm³/mol. The van der Waals surface area contributed by atoms with Crippen molar-refractivity contribution in [3.8, 4) is 0 Å². The number of hydrogen-bond donors (Lipinski definition) is 1. The Morgan fingerprint density at radius 2 is 1.77 bits per heavy atom. The van der Waals surface area contributed by atoms with Crippen LogP contribution in [0, 0.1) is 0 Å². The number of ketones is 1. The zero-order valence-electron chi connectivity index (χ0n) is 16.7. The molecule has 3 rings (SSSR count). The molecule has 2 aromatic rings. The van der Waals surface area contributed by atoms with Gasteiger partial charge in [-0.15, -0.1) is 0 Å². The number of Topliss-reactive ketones (excluding diaryl/α,β-unsaturated/α-hetero) is 1. The van der Waals surface area contributed by atoms with Crippen LogP contribution in [0.5, 0.6) is 0 Å². The number of likely N-dealkylation sites (tertiary alicyclic amines) is 1. The van der Waals surface area contributed by atoms with Crippen LogP contribution in [0.15, 0.2) is 54.6 Å². The molecule has 1 fully saturated rings. The van der Waals surface area contributed by atoms with Gasteiger partial charge in [-0.25, -0.2) is 4.79 Å². The van der Waals surface area contributed by atoms with E-state index in [9.17, 15) is 27.9 Å². The van der Waals surface area contributed by atoms with Crippen LogP contribution >= 0.6 is 0 Å². The van der Waals surface area contributed by atoms with Gasteiger partial charge in [-0.3, -0.25) is 9.69 Å². The molecule has 4 nitrogen and oxygen atoms in total. The summed E-state index contributed by atoms with van der Waals surface area (Å²) < 4.78 is 38.8. The number of alkyl halides is 3. The van der Waals surface area contributed by atoms with E-state index in [0.717, 1.165) is 17.7 Å². The zero-order chi connectivity index (χ0) is 21.9. The van der Waals surface area contributed by atoms with Gasteiger partial charge < -0.3 is 5.11 Å². The second-order valence-corrected chi connectivity index (χ2v) is 7.84. The Morgan fingerprint density at radius 3 is 2.30 bits per heavy atom. The van der Waals surface area contributed by atoms with E-state index in [1.165, 1.54) is 17.0 Å². The summed E-state index contributed by atoms with van der Waals surface area (Å²) in [7, 11) is 0. The van der Waals surface area contributed by atoms with Crippen LogP contribution in [0.25, 0.3) is 0 Å². The molecule has 2 aromatic carbocycles. The lowest BCUT2D eigenvalue weighted by atomic mass is 9.74. The molecule has 1 aliphatic heterocycles. The van der Waals surface area contributed by atoms with Crippen LogP contribution in [0.2, 0.25) is 0 Å². The maximum Gasteiger partial charge on any atom is 0.416 e. The van der Waals surface area contributed by atoms with Crippen molar-refractivity contribution >= 4 is 11.9 Å². The summed E-state index contributed by atoms with van der Waals surface area (Å²) in [5.74, 6) is -0.0817. The summed E-state index contributed by atoms with van der Waals surface area (Å²) in [4.78, 5) is 26.4. The average Bonchev–Trinajstić information content (AvgIpc) is 2.67. The maximum absolute atomic E-state index is 12.9. The molecule has 160 valence electrons. The zero-order valence-corrected chi connectivity index (χ0v) is 16.7. The van der Waals surface area contributed by atoms with Crippen molar-refractivity contribution in [2.24, 2.45) is 0 Å². The fourth-order valence-electron chi connectivity index (χ4n) is 4.55. The first kappa shape index (κ1) is 21.9. The monoisotopic (exact) mass is 419 g/mol. The molecule has 30 heavy (non-hydrogen) atoms.